The average molecular weight is 448 g/mol. The van der Waals surface area contributed by atoms with Gasteiger partial charge in [0.1, 0.15) is 0 Å². The van der Waals surface area contributed by atoms with Crippen molar-refractivity contribution in [2.75, 3.05) is 0 Å². The van der Waals surface area contributed by atoms with E-state index < -0.39 is 51.4 Å². The minimum Gasteiger partial charge on any atom is -0.380 e. The second-order valence-electron chi connectivity index (χ2n) is 7.26. The van der Waals surface area contributed by atoms with Gasteiger partial charge in [-0.25, -0.2) is 0 Å². The minimum atomic E-state index is -5.07. The second-order valence-corrected chi connectivity index (χ2v) is 7.26. The number of alkyl halides is 3. The number of Topliss-reactive ketones (excluding diaryl/α,β-unsaturated/α-hetero) is 1. The molecule has 0 bridgehead atoms. The number of hydrogen-bond acceptors (Lipinski definition) is 6. The standard InChI is InChI=1S/C21H15F3N2O6/c22-21(23,24)20(28)11-15(7-13-3-1-5-17(9-13)25(29)30)19(27)16(12-20)8-14-4-2-6-18(10-14)26(31)32/h1-10,28H,11-12H2. The van der Waals surface area contributed by atoms with E-state index in [1.54, 1.807) is 0 Å². The minimum absolute atomic E-state index is 0.115. The molecule has 0 aliphatic heterocycles. The number of nitro groups is 2. The summed E-state index contributed by atoms with van der Waals surface area (Å²) in [6.45, 7) is 0. The first-order valence-electron chi connectivity index (χ1n) is 9.13. The first kappa shape index (κ1) is 22.8. The molecule has 0 amide bonds. The molecule has 8 nitrogen and oxygen atoms in total. The Hall–Kier alpha value is -3.86. The largest absolute Gasteiger partial charge is 0.417 e. The zero-order chi connectivity index (χ0) is 23.7. The normalized spacial score (nSPS) is 21.7. The lowest BCUT2D eigenvalue weighted by atomic mass is 9.76. The quantitative estimate of drug-likeness (QED) is 0.413. The smallest absolute Gasteiger partial charge is 0.380 e. The maximum atomic E-state index is 13.6. The van der Waals surface area contributed by atoms with Crippen LogP contribution in [0.4, 0.5) is 24.5 Å². The topological polar surface area (TPSA) is 124 Å². The van der Waals surface area contributed by atoms with Crippen LogP contribution in [0.3, 0.4) is 0 Å². The molecule has 0 radical (unpaired) electrons. The van der Waals surface area contributed by atoms with Crippen molar-refractivity contribution in [3.8, 4) is 0 Å². The Balaban J connectivity index is 2.10. The third kappa shape index (κ3) is 4.72. The molecule has 0 heterocycles. The Labute approximate surface area is 178 Å². The number of ketones is 1. The van der Waals surface area contributed by atoms with Crippen molar-refractivity contribution < 1.29 is 32.9 Å². The summed E-state index contributed by atoms with van der Waals surface area (Å²) < 4.78 is 40.9. The number of nitro benzene ring substituents is 2. The fourth-order valence-corrected chi connectivity index (χ4v) is 3.35. The molecule has 1 aliphatic rings. The Kier molecular flexibility index (Phi) is 5.95. The Morgan fingerprint density at radius 2 is 1.28 bits per heavy atom. The molecule has 0 unspecified atom stereocenters. The highest BCUT2D eigenvalue weighted by Crippen LogP contribution is 2.45. The number of carbonyl (C=O) groups excluding carboxylic acids is 1. The Morgan fingerprint density at radius 1 is 0.875 bits per heavy atom. The summed E-state index contributed by atoms with van der Waals surface area (Å²) in [4.78, 5) is 33.4. The predicted octanol–water partition coefficient (Wildman–Crippen LogP) is 4.63. The van der Waals surface area contributed by atoms with Crippen LogP contribution >= 0.6 is 0 Å². The van der Waals surface area contributed by atoms with Crippen molar-refractivity contribution in [2.45, 2.75) is 24.6 Å². The van der Waals surface area contributed by atoms with Gasteiger partial charge in [0.05, 0.1) is 9.85 Å². The fraction of sp³-hybridized carbons (Fsp3) is 0.190. The summed E-state index contributed by atoms with van der Waals surface area (Å²) in [5, 5.41) is 32.2. The van der Waals surface area contributed by atoms with Gasteiger partial charge < -0.3 is 5.11 Å². The van der Waals surface area contributed by atoms with Crippen LogP contribution in [0, 0.1) is 20.2 Å². The molecular formula is C21H15F3N2O6. The number of non-ortho nitro benzene ring substituents is 2. The van der Waals surface area contributed by atoms with Crippen LogP contribution in [0.15, 0.2) is 59.7 Å². The van der Waals surface area contributed by atoms with Crippen LogP contribution in [0.2, 0.25) is 0 Å². The number of nitrogens with zero attached hydrogens (tertiary/aromatic N) is 2. The maximum absolute atomic E-state index is 13.6. The lowest BCUT2D eigenvalue weighted by Gasteiger charge is -2.35. The lowest BCUT2D eigenvalue weighted by Crippen LogP contribution is -2.49. The Bertz CT molecular complexity index is 1090. The highest BCUT2D eigenvalue weighted by atomic mass is 19.4. The van der Waals surface area contributed by atoms with E-state index in [2.05, 4.69) is 0 Å². The average Bonchev–Trinajstić information content (AvgIpc) is 2.71. The molecule has 0 spiro atoms. The molecule has 1 aliphatic carbocycles. The molecule has 0 aromatic heterocycles. The van der Waals surface area contributed by atoms with E-state index in [4.69, 9.17) is 0 Å². The third-order valence-electron chi connectivity index (χ3n) is 4.92. The van der Waals surface area contributed by atoms with Gasteiger partial charge in [0.25, 0.3) is 11.4 Å². The van der Waals surface area contributed by atoms with Crippen molar-refractivity contribution in [3.63, 3.8) is 0 Å². The molecule has 32 heavy (non-hydrogen) atoms. The van der Waals surface area contributed by atoms with Crippen LogP contribution in [0.5, 0.6) is 0 Å². The number of carbonyl (C=O) groups is 1. The molecule has 1 N–H and O–H groups in total. The van der Waals surface area contributed by atoms with Crippen LogP contribution in [0.1, 0.15) is 24.0 Å². The van der Waals surface area contributed by atoms with Gasteiger partial charge in [0.2, 0.25) is 0 Å². The fourth-order valence-electron chi connectivity index (χ4n) is 3.35. The summed E-state index contributed by atoms with van der Waals surface area (Å²) in [5.41, 5.74) is -4.45. The first-order valence-corrected chi connectivity index (χ1v) is 9.13. The molecule has 0 atom stereocenters. The van der Waals surface area contributed by atoms with Crippen molar-refractivity contribution in [2.24, 2.45) is 0 Å². The molecule has 2 aromatic rings. The summed E-state index contributed by atoms with van der Waals surface area (Å²) in [6, 6.07) is 9.92. The van der Waals surface area contributed by atoms with Gasteiger partial charge in [0, 0.05) is 48.3 Å². The highest BCUT2D eigenvalue weighted by molar-refractivity contribution is 6.14. The maximum Gasteiger partial charge on any atom is 0.417 e. The molecule has 3 rings (SSSR count). The second kappa shape index (κ2) is 8.35. The van der Waals surface area contributed by atoms with E-state index in [1.165, 1.54) is 36.4 Å². The Morgan fingerprint density at radius 3 is 1.62 bits per heavy atom. The molecular weight excluding hydrogens is 433 g/mol. The van der Waals surface area contributed by atoms with Gasteiger partial charge in [-0.05, 0) is 23.3 Å². The lowest BCUT2D eigenvalue weighted by molar-refractivity contribution is -0.385. The molecule has 1 fully saturated rings. The van der Waals surface area contributed by atoms with Gasteiger partial charge in [-0.1, -0.05) is 24.3 Å². The summed E-state index contributed by atoms with van der Waals surface area (Å²) >= 11 is 0. The van der Waals surface area contributed by atoms with E-state index in [1.807, 2.05) is 0 Å². The number of aliphatic hydroxyl groups is 1. The van der Waals surface area contributed by atoms with Gasteiger partial charge in [-0.2, -0.15) is 13.2 Å². The van der Waals surface area contributed by atoms with Crippen molar-refractivity contribution >= 4 is 29.3 Å². The van der Waals surface area contributed by atoms with Gasteiger partial charge in [-0.15, -0.1) is 0 Å². The molecule has 11 heteroatoms. The first-order chi connectivity index (χ1) is 14.9. The molecule has 1 saturated carbocycles. The zero-order valence-corrected chi connectivity index (χ0v) is 16.2. The van der Waals surface area contributed by atoms with Gasteiger partial charge in [0.15, 0.2) is 11.4 Å². The number of benzene rings is 2. The molecule has 2 aromatic carbocycles. The number of halogens is 3. The molecule has 166 valence electrons. The number of hydrogen-bond donors (Lipinski definition) is 1. The SMILES string of the molecule is O=C1C(=Cc2cccc([N+](=O)[O-])c2)CC(O)(C(F)(F)F)CC1=Cc1cccc([N+](=O)[O-])c1. The van der Waals surface area contributed by atoms with E-state index >= 15 is 0 Å². The van der Waals surface area contributed by atoms with Crippen molar-refractivity contribution in [1.29, 1.82) is 0 Å². The van der Waals surface area contributed by atoms with E-state index in [0.29, 0.717) is 0 Å². The zero-order valence-electron chi connectivity index (χ0n) is 16.2. The van der Waals surface area contributed by atoms with Crippen LogP contribution in [0.25, 0.3) is 12.2 Å². The van der Waals surface area contributed by atoms with E-state index in [0.717, 1.165) is 24.3 Å². The highest BCUT2D eigenvalue weighted by Gasteiger charge is 2.57. The van der Waals surface area contributed by atoms with Crippen LogP contribution in [-0.2, 0) is 4.79 Å². The number of rotatable bonds is 4. The van der Waals surface area contributed by atoms with Crippen LogP contribution in [-0.4, -0.2) is 32.5 Å². The van der Waals surface area contributed by atoms with Gasteiger partial charge >= 0.3 is 6.18 Å². The summed E-state index contributed by atoms with van der Waals surface area (Å²) in [5.74, 6) is -0.795. The van der Waals surface area contributed by atoms with Crippen LogP contribution < -0.4 is 0 Å². The molecule has 0 saturated heterocycles. The third-order valence-corrected chi connectivity index (χ3v) is 4.92. The predicted molar refractivity (Wildman–Crippen MR) is 107 cm³/mol. The van der Waals surface area contributed by atoms with E-state index in [9.17, 15) is 43.3 Å². The van der Waals surface area contributed by atoms with E-state index in [-0.39, 0.29) is 22.5 Å². The monoisotopic (exact) mass is 448 g/mol. The summed E-state index contributed by atoms with van der Waals surface area (Å²) in [6.07, 6.45) is -5.02. The van der Waals surface area contributed by atoms with Crippen molar-refractivity contribution in [1.82, 2.24) is 0 Å². The van der Waals surface area contributed by atoms with Crippen molar-refractivity contribution in [3.05, 3.63) is 91.0 Å². The summed E-state index contributed by atoms with van der Waals surface area (Å²) in [7, 11) is 0. The van der Waals surface area contributed by atoms with Gasteiger partial charge in [-0.3, -0.25) is 25.0 Å².